The first-order valence-corrected chi connectivity index (χ1v) is 7.66. The van der Waals surface area contributed by atoms with Crippen molar-refractivity contribution in [2.45, 2.75) is 52.4 Å². The number of hydrogen-bond acceptors (Lipinski definition) is 1. The van der Waals surface area contributed by atoms with Crippen LogP contribution in [0.4, 0.5) is 5.69 Å². The highest BCUT2D eigenvalue weighted by Gasteiger charge is 2.06. The minimum Gasteiger partial charge on any atom is -0.371 e. The fraction of sp³-hybridized carbons (Fsp3) is 0.625. The average Bonchev–Trinajstić information content (AvgIpc) is 2.37. The Balaban J connectivity index is 2.57. The summed E-state index contributed by atoms with van der Waals surface area (Å²) < 4.78 is 0. The molecule has 0 aliphatic carbocycles. The van der Waals surface area contributed by atoms with Crippen molar-refractivity contribution in [3.8, 4) is 0 Å². The Hall–Kier alpha value is -0.690. The molecule has 1 aromatic carbocycles. The summed E-state index contributed by atoms with van der Waals surface area (Å²) in [5.41, 5.74) is 1.27. The molecule has 0 radical (unpaired) electrons. The molecular weight excluding hydrogens is 242 g/mol. The minimum absolute atomic E-state index is 0.837. The van der Waals surface area contributed by atoms with Gasteiger partial charge in [0.15, 0.2) is 0 Å². The molecule has 0 spiro atoms. The quantitative estimate of drug-likeness (QED) is 0.532. The van der Waals surface area contributed by atoms with Gasteiger partial charge in [-0.05, 0) is 31.0 Å². The molecule has 1 aromatic rings. The van der Waals surface area contributed by atoms with Crippen molar-refractivity contribution in [2.24, 2.45) is 0 Å². The molecule has 0 aliphatic rings. The number of unbranched alkanes of at least 4 members (excludes halogenated alkanes) is 4. The molecule has 1 rings (SSSR count). The van der Waals surface area contributed by atoms with E-state index in [0.29, 0.717) is 0 Å². The summed E-state index contributed by atoms with van der Waals surface area (Å²) >= 11 is 6.08. The van der Waals surface area contributed by atoms with Gasteiger partial charge in [-0.25, -0.2) is 0 Å². The first kappa shape index (κ1) is 15.4. The number of nitrogens with zero attached hydrogens (tertiary/aromatic N) is 1. The van der Waals surface area contributed by atoms with Crippen LogP contribution in [0, 0.1) is 0 Å². The van der Waals surface area contributed by atoms with Crippen molar-refractivity contribution in [1.29, 1.82) is 0 Å². The second-order valence-electron chi connectivity index (χ2n) is 4.88. The van der Waals surface area contributed by atoms with E-state index in [0.717, 1.165) is 18.1 Å². The predicted molar refractivity (Wildman–Crippen MR) is 82.7 cm³/mol. The Morgan fingerprint density at radius 3 is 2.06 bits per heavy atom. The lowest BCUT2D eigenvalue weighted by Crippen LogP contribution is -2.25. The summed E-state index contributed by atoms with van der Waals surface area (Å²) in [6, 6.07) is 8.24. The lowest BCUT2D eigenvalue weighted by atomic mass is 10.2. The van der Waals surface area contributed by atoms with Crippen LogP contribution in [-0.4, -0.2) is 13.1 Å². The number of halogens is 1. The molecule has 0 heterocycles. The highest BCUT2D eigenvalue weighted by Crippen LogP contribution is 2.20. The molecule has 0 saturated carbocycles. The molecule has 102 valence electrons. The minimum atomic E-state index is 0.837. The van der Waals surface area contributed by atoms with Crippen molar-refractivity contribution in [3.05, 3.63) is 29.3 Å². The summed E-state index contributed by atoms with van der Waals surface area (Å²) in [7, 11) is 0. The molecule has 0 aliphatic heterocycles. The van der Waals surface area contributed by atoms with Gasteiger partial charge in [-0.1, -0.05) is 57.2 Å². The summed E-state index contributed by atoms with van der Waals surface area (Å²) in [6.45, 7) is 6.80. The first-order valence-electron chi connectivity index (χ1n) is 7.28. The van der Waals surface area contributed by atoms with Gasteiger partial charge < -0.3 is 4.90 Å². The smallest absolute Gasteiger partial charge is 0.0426 e. The molecule has 2 heteroatoms. The van der Waals surface area contributed by atoms with Crippen LogP contribution in [0.1, 0.15) is 52.4 Å². The molecule has 0 saturated heterocycles. The van der Waals surface area contributed by atoms with Gasteiger partial charge in [0, 0.05) is 23.8 Å². The van der Waals surface area contributed by atoms with Crippen molar-refractivity contribution in [2.75, 3.05) is 18.0 Å². The SMILES string of the molecule is CCCCCN(CCCCC)c1cccc(Cl)c1. The third-order valence-electron chi connectivity index (χ3n) is 3.24. The Labute approximate surface area is 117 Å². The zero-order valence-corrected chi connectivity index (χ0v) is 12.5. The van der Waals surface area contributed by atoms with Gasteiger partial charge in [0.05, 0.1) is 0 Å². The van der Waals surface area contributed by atoms with Crippen molar-refractivity contribution in [1.82, 2.24) is 0 Å². The zero-order valence-electron chi connectivity index (χ0n) is 11.8. The third-order valence-corrected chi connectivity index (χ3v) is 3.47. The van der Waals surface area contributed by atoms with Crippen LogP contribution in [0.2, 0.25) is 5.02 Å². The summed E-state index contributed by atoms with van der Waals surface area (Å²) in [6.07, 6.45) is 7.72. The average molecular weight is 268 g/mol. The van der Waals surface area contributed by atoms with Gasteiger partial charge in [0.25, 0.3) is 0 Å². The predicted octanol–water partition coefficient (Wildman–Crippen LogP) is 5.53. The van der Waals surface area contributed by atoms with Gasteiger partial charge in [-0.15, -0.1) is 0 Å². The maximum atomic E-state index is 6.08. The molecule has 0 unspecified atom stereocenters. The fourth-order valence-corrected chi connectivity index (χ4v) is 2.33. The molecular formula is C16H26ClN. The van der Waals surface area contributed by atoms with Gasteiger partial charge in [-0.3, -0.25) is 0 Å². The van der Waals surface area contributed by atoms with Crippen molar-refractivity contribution < 1.29 is 0 Å². The van der Waals surface area contributed by atoms with E-state index < -0.39 is 0 Å². The fourth-order valence-electron chi connectivity index (χ4n) is 2.15. The molecule has 0 atom stereocenters. The van der Waals surface area contributed by atoms with Gasteiger partial charge in [0.2, 0.25) is 0 Å². The normalized spacial score (nSPS) is 10.6. The molecule has 0 fully saturated rings. The van der Waals surface area contributed by atoms with E-state index in [-0.39, 0.29) is 0 Å². The monoisotopic (exact) mass is 267 g/mol. The summed E-state index contributed by atoms with van der Waals surface area (Å²) in [5, 5.41) is 0.837. The Morgan fingerprint density at radius 2 is 1.56 bits per heavy atom. The van der Waals surface area contributed by atoms with Gasteiger partial charge >= 0.3 is 0 Å². The van der Waals surface area contributed by atoms with E-state index in [2.05, 4.69) is 30.9 Å². The second kappa shape index (κ2) is 9.27. The van der Waals surface area contributed by atoms with Crippen LogP contribution in [0.5, 0.6) is 0 Å². The largest absolute Gasteiger partial charge is 0.371 e. The highest BCUT2D eigenvalue weighted by atomic mass is 35.5. The van der Waals surface area contributed by atoms with E-state index in [9.17, 15) is 0 Å². The molecule has 0 N–H and O–H groups in total. The summed E-state index contributed by atoms with van der Waals surface area (Å²) in [4.78, 5) is 2.48. The van der Waals surface area contributed by atoms with E-state index in [4.69, 9.17) is 11.6 Å². The molecule has 0 aromatic heterocycles. The maximum absolute atomic E-state index is 6.08. The molecule has 18 heavy (non-hydrogen) atoms. The van der Waals surface area contributed by atoms with Crippen LogP contribution in [0.15, 0.2) is 24.3 Å². The number of benzene rings is 1. The molecule has 0 bridgehead atoms. The molecule has 1 nitrogen and oxygen atoms in total. The zero-order chi connectivity index (χ0) is 13.2. The van der Waals surface area contributed by atoms with E-state index in [1.54, 1.807) is 0 Å². The Bertz CT molecular complexity index is 315. The van der Waals surface area contributed by atoms with Crippen LogP contribution >= 0.6 is 11.6 Å². The molecule has 0 amide bonds. The number of hydrogen-bond donors (Lipinski definition) is 0. The van der Waals surface area contributed by atoms with Crippen molar-refractivity contribution in [3.63, 3.8) is 0 Å². The van der Waals surface area contributed by atoms with Gasteiger partial charge in [-0.2, -0.15) is 0 Å². The van der Waals surface area contributed by atoms with Crippen LogP contribution in [0.3, 0.4) is 0 Å². The highest BCUT2D eigenvalue weighted by molar-refractivity contribution is 6.30. The van der Waals surface area contributed by atoms with Crippen molar-refractivity contribution >= 4 is 17.3 Å². The summed E-state index contributed by atoms with van der Waals surface area (Å²) in [5.74, 6) is 0. The first-order chi connectivity index (χ1) is 8.77. The number of rotatable bonds is 9. The topological polar surface area (TPSA) is 3.24 Å². The second-order valence-corrected chi connectivity index (χ2v) is 5.32. The standard InChI is InChI=1S/C16H26ClN/c1-3-5-7-12-18(13-8-6-4-2)16-11-9-10-15(17)14-16/h9-11,14H,3-8,12-13H2,1-2H3. The van der Waals surface area contributed by atoms with Crippen LogP contribution < -0.4 is 4.90 Å². The Kier molecular flexibility index (Phi) is 7.91. The Morgan fingerprint density at radius 1 is 0.944 bits per heavy atom. The third kappa shape index (κ3) is 5.77. The maximum Gasteiger partial charge on any atom is 0.0426 e. The lowest BCUT2D eigenvalue weighted by molar-refractivity contribution is 0.636. The van der Waals surface area contributed by atoms with Gasteiger partial charge in [0.1, 0.15) is 0 Å². The van der Waals surface area contributed by atoms with Crippen LogP contribution in [0.25, 0.3) is 0 Å². The van der Waals surface area contributed by atoms with E-state index >= 15 is 0 Å². The van der Waals surface area contributed by atoms with E-state index in [1.807, 2.05) is 12.1 Å². The van der Waals surface area contributed by atoms with Crippen LogP contribution in [-0.2, 0) is 0 Å². The lowest BCUT2D eigenvalue weighted by Gasteiger charge is -2.25. The number of anilines is 1. The van der Waals surface area contributed by atoms with E-state index in [1.165, 1.54) is 44.2 Å².